The van der Waals surface area contributed by atoms with Gasteiger partial charge in [-0.25, -0.2) is 8.42 Å². The van der Waals surface area contributed by atoms with Crippen LogP contribution in [-0.2, 0) is 16.4 Å². The minimum atomic E-state index is -3.34. The van der Waals surface area contributed by atoms with Crippen LogP contribution in [0.2, 0.25) is 0 Å². The fourth-order valence-electron chi connectivity index (χ4n) is 5.02. The molecule has 1 saturated heterocycles. The summed E-state index contributed by atoms with van der Waals surface area (Å²) in [6.45, 7) is 2.94. The fraction of sp³-hybridized carbons (Fsp3) is 0.478. The number of benzene rings is 2. The van der Waals surface area contributed by atoms with Gasteiger partial charge in [-0.15, -0.1) is 0 Å². The number of piperidine rings is 1. The van der Waals surface area contributed by atoms with E-state index in [0.717, 1.165) is 42.1 Å². The summed E-state index contributed by atoms with van der Waals surface area (Å²) in [4.78, 5) is 2.26. The van der Waals surface area contributed by atoms with Crippen LogP contribution in [0.5, 0.6) is 5.75 Å². The van der Waals surface area contributed by atoms with Gasteiger partial charge >= 0.3 is 0 Å². The standard InChI is InChI=1S/C23H31N3O3S/c1-16-13-18-14-22(29-3)21(15-20(18)26(16)30(4,27)28)25(2)19-11-8-12-24-23(19)17-9-6-5-7-10-17/h5-7,9-10,14-16,19,23-24H,8,11-13H2,1-4H3/t16?,19-,23-/m1/s1. The van der Waals surface area contributed by atoms with Crippen LogP contribution < -0.4 is 19.3 Å². The van der Waals surface area contributed by atoms with Gasteiger partial charge in [-0.3, -0.25) is 4.31 Å². The second-order valence-corrected chi connectivity index (χ2v) is 10.3. The third-order valence-corrected chi connectivity index (χ3v) is 7.62. The van der Waals surface area contributed by atoms with Crippen LogP contribution in [0, 0.1) is 0 Å². The Bertz CT molecular complexity index is 1010. The van der Waals surface area contributed by atoms with Crippen LogP contribution in [0.25, 0.3) is 0 Å². The van der Waals surface area contributed by atoms with Crippen molar-refractivity contribution in [3.63, 3.8) is 0 Å². The average Bonchev–Trinajstić information content (AvgIpc) is 3.07. The molecule has 3 atom stereocenters. The maximum Gasteiger partial charge on any atom is 0.232 e. The monoisotopic (exact) mass is 429 g/mol. The smallest absolute Gasteiger partial charge is 0.232 e. The fourth-order valence-corrected chi connectivity index (χ4v) is 6.27. The summed E-state index contributed by atoms with van der Waals surface area (Å²) >= 11 is 0. The van der Waals surface area contributed by atoms with E-state index in [9.17, 15) is 8.42 Å². The zero-order valence-corrected chi connectivity index (χ0v) is 18.9. The molecule has 2 aliphatic rings. The molecule has 2 aromatic carbocycles. The summed E-state index contributed by atoms with van der Waals surface area (Å²) in [7, 11) is 0.420. The van der Waals surface area contributed by atoms with Gasteiger partial charge in [0.15, 0.2) is 0 Å². The van der Waals surface area contributed by atoms with Gasteiger partial charge in [-0.05, 0) is 56.0 Å². The summed E-state index contributed by atoms with van der Waals surface area (Å²) in [5.74, 6) is 0.788. The van der Waals surface area contributed by atoms with Crippen LogP contribution in [0.15, 0.2) is 42.5 Å². The lowest BCUT2D eigenvalue weighted by Crippen LogP contribution is -2.47. The van der Waals surface area contributed by atoms with Crippen LogP contribution in [0.3, 0.4) is 0 Å². The van der Waals surface area contributed by atoms with E-state index in [1.807, 2.05) is 25.1 Å². The average molecular weight is 430 g/mol. The molecule has 4 rings (SSSR count). The van der Waals surface area contributed by atoms with Crippen molar-refractivity contribution in [3.05, 3.63) is 53.6 Å². The molecule has 1 unspecified atom stereocenters. The first-order valence-corrected chi connectivity index (χ1v) is 12.4. The van der Waals surface area contributed by atoms with Crippen LogP contribution in [0.4, 0.5) is 11.4 Å². The van der Waals surface area contributed by atoms with Crippen LogP contribution in [-0.4, -0.2) is 47.5 Å². The van der Waals surface area contributed by atoms with E-state index in [4.69, 9.17) is 4.74 Å². The highest BCUT2D eigenvalue weighted by molar-refractivity contribution is 7.92. The minimum absolute atomic E-state index is 0.0892. The highest BCUT2D eigenvalue weighted by Gasteiger charge is 2.36. The van der Waals surface area contributed by atoms with Gasteiger partial charge in [0.2, 0.25) is 10.0 Å². The maximum absolute atomic E-state index is 12.5. The van der Waals surface area contributed by atoms with Gasteiger partial charge in [-0.2, -0.15) is 0 Å². The molecule has 162 valence electrons. The number of nitrogens with one attached hydrogen (secondary N) is 1. The lowest BCUT2D eigenvalue weighted by atomic mass is 9.91. The number of rotatable bonds is 5. The maximum atomic E-state index is 12.5. The Hall–Kier alpha value is -2.25. The van der Waals surface area contributed by atoms with Crippen molar-refractivity contribution in [1.82, 2.24) is 5.32 Å². The number of likely N-dealkylation sites (N-methyl/N-ethyl adjacent to an activating group) is 1. The Balaban J connectivity index is 1.75. The van der Waals surface area contributed by atoms with Crippen molar-refractivity contribution in [2.45, 2.75) is 44.3 Å². The third kappa shape index (κ3) is 3.76. The van der Waals surface area contributed by atoms with E-state index < -0.39 is 10.0 Å². The first-order valence-electron chi connectivity index (χ1n) is 10.5. The SMILES string of the molecule is COc1cc2c(cc1N(C)[C@@H]1CCCN[C@@H]1c1ccccc1)N(S(C)(=O)=O)C(C)C2. The second-order valence-electron chi connectivity index (χ2n) is 8.43. The van der Waals surface area contributed by atoms with E-state index in [-0.39, 0.29) is 18.1 Å². The predicted molar refractivity (Wildman–Crippen MR) is 122 cm³/mol. The zero-order valence-electron chi connectivity index (χ0n) is 18.1. The number of hydrogen-bond acceptors (Lipinski definition) is 5. The lowest BCUT2D eigenvalue weighted by molar-refractivity contribution is 0.344. The topological polar surface area (TPSA) is 61.9 Å². The molecule has 0 amide bonds. The molecule has 1 N–H and O–H groups in total. The third-order valence-electron chi connectivity index (χ3n) is 6.35. The van der Waals surface area contributed by atoms with E-state index in [0.29, 0.717) is 6.42 Å². The molecule has 0 aliphatic carbocycles. The summed E-state index contributed by atoms with van der Waals surface area (Å²) in [6.07, 6.45) is 4.12. The first-order chi connectivity index (χ1) is 14.3. The quantitative estimate of drug-likeness (QED) is 0.790. The molecule has 0 saturated carbocycles. The number of nitrogens with zero attached hydrogens (tertiary/aromatic N) is 2. The summed E-state index contributed by atoms with van der Waals surface area (Å²) in [6, 6.07) is 14.9. The molecule has 0 aromatic heterocycles. The van der Waals surface area contributed by atoms with Gasteiger partial charge in [0.25, 0.3) is 0 Å². The Labute approximate surface area is 179 Å². The predicted octanol–water partition coefficient (Wildman–Crippen LogP) is 3.34. The van der Waals surface area contributed by atoms with Crippen molar-refractivity contribution >= 4 is 21.4 Å². The molecule has 6 nitrogen and oxygen atoms in total. The number of methoxy groups -OCH3 is 1. The van der Waals surface area contributed by atoms with Crippen LogP contribution in [0.1, 0.15) is 36.9 Å². The molecular formula is C23H31N3O3S. The first kappa shape index (κ1) is 21.0. The van der Waals surface area contributed by atoms with E-state index in [2.05, 4.69) is 41.5 Å². The molecule has 7 heteroatoms. The largest absolute Gasteiger partial charge is 0.495 e. The Morgan fingerprint density at radius 2 is 1.93 bits per heavy atom. The van der Waals surface area contributed by atoms with Crippen LogP contribution >= 0.6 is 0 Å². The molecule has 30 heavy (non-hydrogen) atoms. The highest BCUT2D eigenvalue weighted by Crippen LogP contribution is 2.43. The Morgan fingerprint density at radius 3 is 2.60 bits per heavy atom. The Kier molecular flexibility index (Phi) is 5.68. The number of ether oxygens (including phenoxy) is 1. The molecule has 2 aromatic rings. The molecule has 2 aliphatic heterocycles. The zero-order chi connectivity index (χ0) is 21.5. The summed E-state index contributed by atoms with van der Waals surface area (Å²) in [5, 5.41) is 3.68. The van der Waals surface area contributed by atoms with Crippen molar-refractivity contribution in [1.29, 1.82) is 0 Å². The summed E-state index contributed by atoms with van der Waals surface area (Å²) in [5.41, 5.74) is 3.98. The molecule has 1 fully saturated rings. The number of sulfonamides is 1. The molecule has 0 radical (unpaired) electrons. The van der Waals surface area contributed by atoms with Gasteiger partial charge in [0.05, 0.1) is 30.8 Å². The van der Waals surface area contributed by atoms with Crippen molar-refractivity contribution < 1.29 is 13.2 Å². The number of anilines is 2. The number of fused-ring (bicyclic) bond motifs is 1. The molecule has 0 bridgehead atoms. The van der Waals surface area contributed by atoms with Crippen molar-refractivity contribution in [3.8, 4) is 5.75 Å². The number of hydrogen-bond donors (Lipinski definition) is 1. The van der Waals surface area contributed by atoms with E-state index in [1.165, 1.54) is 11.8 Å². The highest BCUT2D eigenvalue weighted by atomic mass is 32.2. The van der Waals surface area contributed by atoms with Crippen molar-refractivity contribution in [2.75, 3.05) is 36.2 Å². The van der Waals surface area contributed by atoms with Gasteiger partial charge in [0, 0.05) is 19.1 Å². The van der Waals surface area contributed by atoms with Crippen molar-refractivity contribution in [2.24, 2.45) is 0 Å². The molecule has 0 spiro atoms. The van der Waals surface area contributed by atoms with E-state index >= 15 is 0 Å². The lowest BCUT2D eigenvalue weighted by Gasteiger charge is -2.40. The molecule has 2 heterocycles. The normalized spacial score (nSPS) is 23.9. The second kappa shape index (κ2) is 8.12. The molecular weight excluding hydrogens is 398 g/mol. The summed E-state index contributed by atoms with van der Waals surface area (Å²) < 4.78 is 32.2. The van der Waals surface area contributed by atoms with Gasteiger partial charge in [0.1, 0.15) is 5.75 Å². The minimum Gasteiger partial charge on any atom is -0.495 e. The van der Waals surface area contributed by atoms with Gasteiger partial charge in [-0.1, -0.05) is 30.3 Å². The van der Waals surface area contributed by atoms with Gasteiger partial charge < -0.3 is 15.0 Å². The Morgan fingerprint density at radius 1 is 1.20 bits per heavy atom. The van der Waals surface area contributed by atoms with E-state index in [1.54, 1.807) is 11.4 Å².